The van der Waals surface area contributed by atoms with Crippen LogP contribution in [0.3, 0.4) is 0 Å². The zero-order valence-electron chi connectivity index (χ0n) is 15.7. The van der Waals surface area contributed by atoms with Gasteiger partial charge in [0.05, 0.1) is 6.33 Å². The third-order valence-corrected chi connectivity index (χ3v) is 4.69. The molecule has 0 spiro atoms. The topological polar surface area (TPSA) is 28.7 Å². The number of nitrogens with zero attached hydrogens (tertiary/aromatic N) is 1. The van der Waals surface area contributed by atoms with Crippen LogP contribution < -0.4 is 10.9 Å². The highest BCUT2D eigenvalue weighted by atomic mass is 35.5. The molecule has 0 aliphatic carbocycles. The summed E-state index contributed by atoms with van der Waals surface area (Å²) >= 11 is 12.2. The standard InChI is InChI=1S/C15H15BCl2.C6H10N2/c1-11(2)16(12-5-3-7-14(17)9-12)13-6-4-8-15(18)10-13;1-5(2)6-3-7-4-8-6/h3-11H,1-2H3;3-5H,1-2H3,(H,7,8). The third kappa shape index (κ3) is 5.93. The van der Waals surface area contributed by atoms with Crippen LogP contribution in [0.5, 0.6) is 0 Å². The maximum atomic E-state index is 6.09. The molecule has 0 unspecified atom stereocenters. The summed E-state index contributed by atoms with van der Waals surface area (Å²) in [5.41, 5.74) is 3.67. The van der Waals surface area contributed by atoms with Crippen molar-refractivity contribution in [1.82, 2.24) is 9.97 Å². The van der Waals surface area contributed by atoms with Gasteiger partial charge in [0.25, 0.3) is 0 Å². The van der Waals surface area contributed by atoms with E-state index in [-0.39, 0.29) is 0 Å². The molecular formula is C21H25BCl2N2. The number of hydrogen-bond acceptors (Lipinski definition) is 1. The van der Waals surface area contributed by atoms with E-state index in [1.165, 1.54) is 16.6 Å². The predicted octanol–water partition coefficient (Wildman–Crippen LogP) is 5.55. The van der Waals surface area contributed by atoms with E-state index in [0.717, 1.165) is 10.0 Å². The summed E-state index contributed by atoms with van der Waals surface area (Å²) in [7, 11) is 0. The van der Waals surface area contributed by atoms with Crippen LogP contribution in [-0.4, -0.2) is 16.7 Å². The van der Waals surface area contributed by atoms with Crippen LogP contribution >= 0.6 is 23.2 Å². The van der Waals surface area contributed by atoms with Gasteiger partial charge in [-0.25, -0.2) is 4.98 Å². The minimum atomic E-state index is 0.322. The Morgan fingerprint density at radius 3 is 1.73 bits per heavy atom. The molecule has 1 N–H and O–H groups in total. The molecule has 0 bridgehead atoms. The van der Waals surface area contributed by atoms with Crippen LogP contribution in [0.2, 0.25) is 15.9 Å². The maximum Gasteiger partial charge on any atom is 0.211 e. The second-order valence-corrected chi connectivity index (χ2v) is 7.87. The Labute approximate surface area is 167 Å². The molecule has 0 aliphatic rings. The van der Waals surface area contributed by atoms with Crippen molar-refractivity contribution in [3.63, 3.8) is 0 Å². The number of benzene rings is 2. The number of nitrogens with one attached hydrogen (secondary N) is 1. The van der Waals surface area contributed by atoms with Gasteiger partial charge in [-0.05, 0) is 30.2 Å². The first-order valence-corrected chi connectivity index (χ1v) is 9.63. The highest BCUT2D eigenvalue weighted by Gasteiger charge is 2.23. The minimum Gasteiger partial charge on any atom is -0.348 e. The predicted molar refractivity (Wildman–Crippen MR) is 116 cm³/mol. The van der Waals surface area contributed by atoms with Gasteiger partial charge >= 0.3 is 0 Å². The van der Waals surface area contributed by atoms with E-state index in [0.29, 0.717) is 18.4 Å². The molecule has 2 nitrogen and oxygen atoms in total. The summed E-state index contributed by atoms with van der Waals surface area (Å²) in [5, 5.41) is 1.56. The number of halogens is 2. The summed E-state index contributed by atoms with van der Waals surface area (Å²) in [5.74, 6) is 1.06. The molecule has 3 rings (SSSR count). The molecule has 0 saturated carbocycles. The van der Waals surface area contributed by atoms with Gasteiger partial charge < -0.3 is 4.98 Å². The zero-order valence-corrected chi connectivity index (χ0v) is 17.2. The molecule has 0 atom stereocenters. The van der Waals surface area contributed by atoms with Crippen molar-refractivity contribution in [2.45, 2.75) is 39.4 Å². The van der Waals surface area contributed by atoms with Crippen molar-refractivity contribution in [3.05, 3.63) is 76.8 Å². The largest absolute Gasteiger partial charge is 0.348 e. The quantitative estimate of drug-likeness (QED) is 0.585. The number of aromatic nitrogens is 2. The average molecular weight is 387 g/mol. The van der Waals surface area contributed by atoms with Gasteiger partial charge in [0.1, 0.15) is 0 Å². The molecule has 5 heteroatoms. The van der Waals surface area contributed by atoms with E-state index in [9.17, 15) is 0 Å². The van der Waals surface area contributed by atoms with E-state index < -0.39 is 0 Å². The number of rotatable bonds is 4. The fourth-order valence-electron chi connectivity index (χ4n) is 2.94. The second-order valence-electron chi connectivity index (χ2n) is 6.99. The summed E-state index contributed by atoms with van der Waals surface area (Å²) < 4.78 is 0. The summed E-state index contributed by atoms with van der Waals surface area (Å²) in [6.07, 6.45) is 3.56. The van der Waals surface area contributed by atoms with Crippen molar-refractivity contribution < 1.29 is 0 Å². The van der Waals surface area contributed by atoms with Crippen LogP contribution in [0.25, 0.3) is 0 Å². The Kier molecular flexibility index (Phi) is 7.80. The molecular weight excluding hydrogens is 362 g/mol. The Bertz CT molecular complexity index is 756. The molecule has 3 aromatic rings. The first-order chi connectivity index (χ1) is 12.4. The number of hydrogen-bond donors (Lipinski definition) is 1. The van der Waals surface area contributed by atoms with Crippen LogP contribution in [0.1, 0.15) is 39.3 Å². The van der Waals surface area contributed by atoms with Gasteiger partial charge in [-0.3, -0.25) is 0 Å². The first-order valence-electron chi connectivity index (χ1n) is 8.87. The SMILES string of the molecule is CC(C)B(c1cccc(Cl)c1)c1cccc(Cl)c1.CC(C)c1cnc[nH]1. The lowest BCUT2D eigenvalue weighted by Crippen LogP contribution is -2.44. The Balaban J connectivity index is 0.000000254. The van der Waals surface area contributed by atoms with Crippen LogP contribution in [0, 0.1) is 0 Å². The monoisotopic (exact) mass is 386 g/mol. The lowest BCUT2D eigenvalue weighted by atomic mass is 9.34. The van der Waals surface area contributed by atoms with E-state index >= 15 is 0 Å². The molecule has 0 aliphatic heterocycles. The molecule has 0 fully saturated rings. The van der Waals surface area contributed by atoms with Gasteiger partial charge in [-0.2, -0.15) is 0 Å². The molecule has 1 aromatic heterocycles. The number of H-pyrrole nitrogens is 1. The average Bonchev–Trinajstić information content (AvgIpc) is 3.10. The van der Waals surface area contributed by atoms with Gasteiger partial charge in [0.15, 0.2) is 0 Å². The van der Waals surface area contributed by atoms with Crippen molar-refractivity contribution in [2.24, 2.45) is 0 Å². The van der Waals surface area contributed by atoms with Crippen LogP contribution in [0.15, 0.2) is 61.1 Å². The van der Waals surface area contributed by atoms with E-state index in [1.807, 2.05) is 42.6 Å². The zero-order chi connectivity index (χ0) is 19.1. The number of imidazole rings is 1. The molecule has 0 radical (unpaired) electrons. The molecule has 0 saturated heterocycles. The summed E-state index contributed by atoms with van der Waals surface area (Å²) in [4.78, 5) is 6.91. The lowest BCUT2D eigenvalue weighted by molar-refractivity contribution is 0.832. The highest BCUT2D eigenvalue weighted by molar-refractivity contribution is 6.86. The van der Waals surface area contributed by atoms with Gasteiger partial charge in [-0.1, -0.05) is 91.9 Å². The van der Waals surface area contributed by atoms with Crippen molar-refractivity contribution in [1.29, 1.82) is 0 Å². The van der Waals surface area contributed by atoms with Crippen molar-refractivity contribution in [2.75, 3.05) is 0 Å². The van der Waals surface area contributed by atoms with Gasteiger partial charge in [0, 0.05) is 21.9 Å². The maximum absolute atomic E-state index is 6.09. The molecule has 0 amide bonds. The number of aromatic amines is 1. The van der Waals surface area contributed by atoms with E-state index in [2.05, 4.69) is 49.8 Å². The molecule has 136 valence electrons. The summed E-state index contributed by atoms with van der Waals surface area (Å²) in [6.45, 7) is 9.02. The summed E-state index contributed by atoms with van der Waals surface area (Å²) in [6, 6.07) is 16.1. The molecule has 1 heterocycles. The smallest absolute Gasteiger partial charge is 0.211 e. The van der Waals surface area contributed by atoms with Crippen LogP contribution in [-0.2, 0) is 0 Å². The third-order valence-electron chi connectivity index (χ3n) is 4.22. The Morgan fingerprint density at radius 2 is 1.42 bits per heavy atom. The van der Waals surface area contributed by atoms with Crippen LogP contribution in [0.4, 0.5) is 0 Å². The molecule has 2 aromatic carbocycles. The Hall–Kier alpha value is -1.71. The molecule has 26 heavy (non-hydrogen) atoms. The second kappa shape index (κ2) is 9.84. The van der Waals surface area contributed by atoms with Gasteiger partial charge in [-0.15, -0.1) is 0 Å². The lowest BCUT2D eigenvalue weighted by Gasteiger charge is -2.19. The van der Waals surface area contributed by atoms with E-state index in [4.69, 9.17) is 23.2 Å². The van der Waals surface area contributed by atoms with Gasteiger partial charge in [0.2, 0.25) is 6.71 Å². The fraction of sp³-hybridized carbons (Fsp3) is 0.286. The van der Waals surface area contributed by atoms with E-state index in [1.54, 1.807) is 6.33 Å². The Morgan fingerprint density at radius 1 is 0.885 bits per heavy atom. The normalized spacial score (nSPS) is 10.6. The van der Waals surface area contributed by atoms with Crippen molar-refractivity contribution in [3.8, 4) is 0 Å². The van der Waals surface area contributed by atoms with Crippen molar-refractivity contribution >= 4 is 40.8 Å². The highest BCUT2D eigenvalue weighted by Crippen LogP contribution is 2.14. The first kappa shape index (κ1) is 20.6. The fourth-order valence-corrected chi connectivity index (χ4v) is 3.34. The minimum absolute atomic E-state index is 0.322.